The van der Waals surface area contributed by atoms with Crippen molar-refractivity contribution in [1.29, 1.82) is 0 Å². The summed E-state index contributed by atoms with van der Waals surface area (Å²) in [4.78, 5) is 23.2. The second-order valence-electron chi connectivity index (χ2n) is 8.14. The third-order valence-corrected chi connectivity index (χ3v) is 6.50. The average Bonchev–Trinajstić information content (AvgIpc) is 3.29. The van der Waals surface area contributed by atoms with Crippen LogP contribution in [-0.2, 0) is 18.7 Å². The lowest BCUT2D eigenvalue weighted by molar-refractivity contribution is -0.384. The van der Waals surface area contributed by atoms with E-state index in [0.29, 0.717) is 28.1 Å². The first-order chi connectivity index (χ1) is 17.4. The minimum Gasteiger partial charge on any atom is -0.331 e. The fraction of sp³-hybridized carbons (Fsp3) is 0.192. The van der Waals surface area contributed by atoms with Crippen molar-refractivity contribution in [3.8, 4) is 5.69 Å². The Labute approximate surface area is 213 Å². The molecule has 0 saturated carbocycles. The smallest absolute Gasteiger partial charge is 0.319 e. The quantitative estimate of drug-likeness (QED) is 0.173. The number of thioether (sulfide) groups is 1. The number of nitrogens with zero attached hydrogens (tertiary/aromatic N) is 4. The van der Waals surface area contributed by atoms with Gasteiger partial charge in [-0.05, 0) is 48.7 Å². The zero-order valence-electron chi connectivity index (χ0n) is 20.0. The van der Waals surface area contributed by atoms with E-state index in [2.05, 4.69) is 33.8 Å². The third-order valence-electron chi connectivity index (χ3n) is 5.50. The van der Waals surface area contributed by atoms with Gasteiger partial charge in [-0.2, -0.15) is 0 Å². The van der Waals surface area contributed by atoms with Crippen LogP contribution in [0.2, 0.25) is 0 Å². The Morgan fingerprint density at radius 1 is 1.03 bits per heavy atom. The number of hydrogen-bond acceptors (Lipinski definition) is 6. The van der Waals surface area contributed by atoms with Crippen LogP contribution in [0, 0.1) is 17.0 Å². The number of urea groups is 1. The van der Waals surface area contributed by atoms with Crippen LogP contribution in [0.15, 0.2) is 78.0 Å². The highest BCUT2D eigenvalue weighted by molar-refractivity contribution is 7.98. The molecule has 4 aromatic rings. The molecule has 0 unspecified atom stereocenters. The zero-order chi connectivity index (χ0) is 25.5. The fourth-order valence-corrected chi connectivity index (χ4v) is 4.51. The summed E-state index contributed by atoms with van der Waals surface area (Å²) < 4.78 is 1.81. The van der Waals surface area contributed by atoms with Gasteiger partial charge in [0, 0.05) is 29.3 Å². The van der Waals surface area contributed by atoms with E-state index in [9.17, 15) is 14.9 Å². The maximum absolute atomic E-state index is 12.5. The van der Waals surface area contributed by atoms with E-state index in [0.717, 1.165) is 12.0 Å². The van der Waals surface area contributed by atoms with Gasteiger partial charge in [-0.1, -0.05) is 60.6 Å². The molecule has 1 heterocycles. The van der Waals surface area contributed by atoms with Gasteiger partial charge in [-0.3, -0.25) is 14.7 Å². The molecule has 0 saturated heterocycles. The number of aromatic nitrogens is 3. The maximum atomic E-state index is 12.5. The van der Waals surface area contributed by atoms with Gasteiger partial charge in [-0.15, -0.1) is 10.2 Å². The number of carbonyl (C=O) groups is 1. The Balaban J connectivity index is 1.52. The Morgan fingerprint density at radius 2 is 1.78 bits per heavy atom. The molecule has 0 spiro atoms. The van der Waals surface area contributed by atoms with Gasteiger partial charge in [0.05, 0.1) is 11.5 Å². The van der Waals surface area contributed by atoms with Crippen molar-refractivity contribution in [3.05, 3.63) is 105 Å². The largest absolute Gasteiger partial charge is 0.331 e. The topological polar surface area (TPSA) is 115 Å². The predicted octanol–water partition coefficient (Wildman–Crippen LogP) is 5.66. The van der Waals surface area contributed by atoms with Gasteiger partial charge in [0.1, 0.15) is 0 Å². The van der Waals surface area contributed by atoms with Crippen LogP contribution in [0.25, 0.3) is 5.69 Å². The van der Waals surface area contributed by atoms with E-state index in [4.69, 9.17) is 0 Å². The summed E-state index contributed by atoms with van der Waals surface area (Å²) in [5, 5.41) is 26.0. The van der Waals surface area contributed by atoms with Gasteiger partial charge < -0.3 is 10.6 Å². The van der Waals surface area contributed by atoms with Crippen LogP contribution < -0.4 is 10.6 Å². The number of nitro benzene ring substituents is 1. The lowest BCUT2D eigenvalue weighted by Crippen LogP contribution is -2.29. The summed E-state index contributed by atoms with van der Waals surface area (Å²) >= 11 is 1.50. The SMILES string of the molecule is CCc1ccc(NC(=O)NCc2nnc(SCc3cccc(C)c3)n2-c2ccc([N+](=O)[O-])cc2)cc1. The molecule has 2 N–H and O–H groups in total. The molecule has 1 aromatic heterocycles. The number of benzene rings is 3. The highest BCUT2D eigenvalue weighted by Crippen LogP contribution is 2.26. The Bertz CT molecular complexity index is 1350. The maximum Gasteiger partial charge on any atom is 0.319 e. The van der Waals surface area contributed by atoms with Gasteiger partial charge in [0.2, 0.25) is 0 Å². The van der Waals surface area contributed by atoms with E-state index in [1.807, 2.05) is 49.4 Å². The van der Waals surface area contributed by atoms with Crippen molar-refractivity contribution in [2.24, 2.45) is 0 Å². The first-order valence-corrected chi connectivity index (χ1v) is 12.4. The van der Waals surface area contributed by atoms with Crippen molar-refractivity contribution in [3.63, 3.8) is 0 Å². The Morgan fingerprint density at radius 3 is 2.44 bits per heavy atom. The summed E-state index contributed by atoms with van der Waals surface area (Å²) in [5.74, 6) is 1.18. The minimum atomic E-state index is -0.441. The zero-order valence-corrected chi connectivity index (χ0v) is 20.8. The monoisotopic (exact) mass is 502 g/mol. The molecule has 9 nitrogen and oxygen atoms in total. The molecule has 0 fully saturated rings. The summed E-state index contributed by atoms with van der Waals surface area (Å²) in [6.45, 7) is 4.23. The van der Waals surface area contributed by atoms with Crippen LogP contribution in [0.4, 0.5) is 16.2 Å². The minimum absolute atomic E-state index is 0.00562. The molecule has 2 amide bonds. The van der Waals surface area contributed by atoms with E-state index in [1.165, 1.54) is 35.0 Å². The highest BCUT2D eigenvalue weighted by atomic mass is 32.2. The standard InChI is InChI=1S/C26H26N6O3S/c1-3-19-7-9-21(10-8-19)28-25(33)27-16-24-29-30-26(36-17-20-6-4-5-18(2)15-20)31(24)22-11-13-23(14-12-22)32(34)35/h4-15H,3,16-17H2,1-2H3,(H2,27,28,33). The van der Waals surface area contributed by atoms with Gasteiger partial charge >= 0.3 is 6.03 Å². The molecule has 0 aliphatic heterocycles. The molecule has 0 aliphatic carbocycles. The van der Waals surface area contributed by atoms with Crippen LogP contribution in [0.5, 0.6) is 0 Å². The lowest BCUT2D eigenvalue weighted by atomic mass is 10.1. The number of aryl methyl sites for hydroxylation is 2. The van der Waals surface area contributed by atoms with Crippen LogP contribution >= 0.6 is 11.8 Å². The van der Waals surface area contributed by atoms with Gasteiger partial charge in [-0.25, -0.2) is 4.79 Å². The number of nitro groups is 1. The summed E-state index contributed by atoms with van der Waals surface area (Å²) in [7, 11) is 0. The van der Waals surface area contributed by atoms with E-state index >= 15 is 0 Å². The molecule has 0 atom stereocenters. The normalized spacial score (nSPS) is 10.7. The van der Waals surface area contributed by atoms with Crippen LogP contribution in [0.3, 0.4) is 0 Å². The summed E-state index contributed by atoms with van der Waals surface area (Å²) in [6, 6.07) is 21.7. The summed E-state index contributed by atoms with van der Waals surface area (Å²) in [6.07, 6.45) is 0.926. The molecule has 0 radical (unpaired) electrons. The second kappa shape index (κ2) is 11.5. The first kappa shape index (κ1) is 24.9. The number of anilines is 1. The van der Waals surface area contributed by atoms with E-state index < -0.39 is 4.92 Å². The van der Waals surface area contributed by atoms with Crippen molar-refractivity contribution in [1.82, 2.24) is 20.1 Å². The third kappa shape index (κ3) is 6.28. The Hall–Kier alpha value is -4.18. The lowest BCUT2D eigenvalue weighted by Gasteiger charge is -2.12. The van der Waals surface area contributed by atoms with Gasteiger partial charge in [0.15, 0.2) is 11.0 Å². The molecule has 0 aliphatic rings. The molecule has 3 aromatic carbocycles. The van der Waals surface area contributed by atoms with Crippen molar-refractivity contribution in [2.75, 3.05) is 5.32 Å². The molecule has 0 bridgehead atoms. The van der Waals surface area contributed by atoms with Crippen LogP contribution in [-0.4, -0.2) is 25.7 Å². The fourth-order valence-electron chi connectivity index (χ4n) is 3.60. The molecular weight excluding hydrogens is 476 g/mol. The average molecular weight is 503 g/mol. The number of hydrogen-bond donors (Lipinski definition) is 2. The second-order valence-corrected chi connectivity index (χ2v) is 9.09. The van der Waals surface area contributed by atoms with Gasteiger partial charge in [0.25, 0.3) is 5.69 Å². The van der Waals surface area contributed by atoms with Crippen molar-refractivity contribution < 1.29 is 9.72 Å². The predicted molar refractivity (Wildman–Crippen MR) is 140 cm³/mol. The van der Waals surface area contributed by atoms with E-state index in [-0.39, 0.29) is 18.3 Å². The number of non-ortho nitro benzene ring substituents is 1. The van der Waals surface area contributed by atoms with Crippen molar-refractivity contribution >= 4 is 29.2 Å². The number of amides is 2. The molecular formula is C26H26N6O3S. The molecule has 36 heavy (non-hydrogen) atoms. The molecule has 4 rings (SSSR count). The molecule has 10 heteroatoms. The van der Waals surface area contributed by atoms with E-state index in [1.54, 1.807) is 16.7 Å². The van der Waals surface area contributed by atoms with Crippen molar-refractivity contribution in [2.45, 2.75) is 37.7 Å². The van der Waals surface area contributed by atoms with Crippen LogP contribution in [0.1, 0.15) is 29.4 Å². The Kier molecular flexibility index (Phi) is 7.96. The number of nitrogens with one attached hydrogen (secondary N) is 2. The number of rotatable bonds is 9. The highest BCUT2D eigenvalue weighted by Gasteiger charge is 2.17. The molecule has 184 valence electrons. The summed E-state index contributed by atoms with van der Waals surface area (Å²) in [5.41, 5.74) is 4.86. The first-order valence-electron chi connectivity index (χ1n) is 11.4. The number of carbonyl (C=O) groups excluding carboxylic acids is 1.